The molecule has 1 fully saturated rings. The minimum atomic E-state index is -0.294. The average Bonchev–Trinajstić information content (AvgIpc) is 3.05. The average molecular weight is 364 g/mol. The Morgan fingerprint density at radius 3 is 2.71 bits per heavy atom. The third-order valence-corrected chi connectivity index (χ3v) is 4.66. The number of hydrogen-bond donors (Lipinski definition) is 0. The van der Waals surface area contributed by atoms with E-state index in [4.69, 9.17) is 4.42 Å². The molecule has 1 saturated heterocycles. The molecular weight excluding hydrogens is 354 g/mol. The fourth-order valence-corrected chi connectivity index (χ4v) is 3.16. The Balaban J connectivity index is 1.83. The molecule has 2 aromatic rings. The summed E-state index contributed by atoms with van der Waals surface area (Å²) in [5, 5.41) is -0.270. The Kier molecular flexibility index (Phi) is 3.98. The molecule has 0 bridgehead atoms. The summed E-state index contributed by atoms with van der Waals surface area (Å²) in [5.74, 6) is 0.263. The Bertz CT molecular complexity index is 724. The molecule has 6 heteroatoms. The minimum absolute atomic E-state index is 0.252. The van der Waals surface area contributed by atoms with Crippen molar-refractivity contribution in [2.75, 3.05) is 0 Å². The Morgan fingerprint density at radius 2 is 2.00 bits per heavy atom. The molecule has 0 unspecified atom stereocenters. The van der Waals surface area contributed by atoms with Crippen LogP contribution >= 0.6 is 27.7 Å². The fraction of sp³-hybridized carbons (Fsp3) is 0.0667. The highest BCUT2D eigenvalue weighted by Crippen LogP contribution is 2.34. The van der Waals surface area contributed by atoms with Gasteiger partial charge in [-0.05, 0) is 35.5 Å². The van der Waals surface area contributed by atoms with Gasteiger partial charge in [-0.3, -0.25) is 14.5 Å². The van der Waals surface area contributed by atoms with Crippen molar-refractivity contribution in [2.24, 2.45) is 0 Å². The van der Waals surface area contributed by atoms with Crippen molar-refractivity contribution in [1.29, 1.82) is 0 Å². The van der Waals surface area contributed by atoms with Crippen LogP contribution in [0.15, 0.2) is 56.5 Å². The van der Waals surface area contributed by atoms with Gasteiger partial charge in [0.1, 0.15) is 5.76 Å². The van der Waals surface area contributed by atoms with Crippen LogP contribution in [0.25, 0.3) is 6.08 Å². The largest absolute Gasteiger partial charge is 0.465 e. The molecule has 2 amide bonds. The molecule has 0 radical (unpaired) electrons. The summed E-state index contributed by atoms with van der Waals surface area (Å²) < 4.78 is 6.05. The van der Waals surface area contributed by atoms with Gasteiger partial charge in [-0.15, -0.1) is 0 Å². The van der Waals surface area contributed by atoms with Crippen LogP contribution in [0, 0.1) is 0 Å². The molecule has 1 aromatic carbocycles. The van der Waals surface area contributed by atoms with E-state index < -0.39 is 0 Å². The zero-order valence-electron chi connectivity index (χ0n) is 10.8. The standard InChI is InChI=1S/C15H10BrNO3S/c16-12-6-2-1-4-10(12)9-17-14(18)13(21-15(17)19)8-11-5-3-7-20-11/h1-8H,9H2/b13-8-. The van der Waals surface area contributed by atoms with Gasteiger partial charge in [0.2, 0.25) is 0 Å². The first-order chi connectivity index (χ1) is 10.1. The molecule has 1 aromatic heterocycles. The zero-order valence-corrected chi connectivity index (χ0v) is 13.2. The normalized spacial score (nSPS) is 17.0. The van der Waals surface area contributed by atoms with Crippen molar-refractivity contribution in [2.45, 2.75) is 6.54 Å². The molecule has 0 saturated carbocycles. The van der Waals surface area contributed by atoms with E-state index in [0.717, 1.165) is 21.8 Å². The summed E-state index contributed by atoms with van der Waals surface area (Å²) in [6.45, 7) is 0.252. The molecular formula is C15H10BrNO3S. The molecule has 0 N–H and O–H groups in total. The second-order valence-corrected chi connectivity index (χ2v) is 6.22. The van der Waals surface area contributed by atoms with Crippen LogP contribution in [0.3, 0.4) is 0 Å². The van der Waals surface area contributed by atoms with Gasteiger partial charge in [-0.25, -0.2) is 0 Å². The second-order valence-electron chi connectivity index (χ2n) is 4.37. The van der Waals surface area contributed by atoms with E-state index in [2.05, 4.69) is 15.9 Å². The second kappa shape index (κ2) is 5.91. The van der Waals surface area contributed by atoms with Gasteiger partial charge in [0, 0.05) is 10.5 Å². The number of nitrogens with zero attached hydrogens (tertiary/aromatic N) is 1. The number of hydrogen-bond acceptors (Lipinski definition) is 4. The van der Waals surface area contributed by atoms with E-state index in [1.165, 1.54) is 11.2 Å². The summed E-state index contributed by atoms with van der Waals surface area (Å²) in [6, 6.07) is 11.0. The number of carbonyl (C=O) groups excluding carboxylic acids is 2. The third-order valence-electron chi connectivity index (χ3n) is 2.98. The molecule has 2 heterocycles. The maximum Gasteiger partial charge on any atom is 0.293 e. The van der Waals surface area contributed by atoms with Crippen LogP contribution in [0.1, 0.15) is 11.3 Å². The SMILES string of the molecule is O=C1S/C(=C\c2ccco2)C(=O)N1Cc1ccccc1Br. The van der Waals surface area contributed by atoms with Crippen LogP contribution in [-0.4, -0.2) is 16.0 Å². The van der Waals surface area contributed by atoms with Crippen molar-refractivity contribution in [1.82, 2.24) is 4.90 Å². The van der Waals surface area contributed by atoms with Gasteiger partial charge >= 0.3 is 0 Å². The number of rotatable bonds is 3. The molecule has 106 valence electrons. The van der Waals surface area contributed by atoms with E-state index >= 15 is 0 Å². The lowest BCUT2D eigenvalue weighted by molar-refractivity contribution is -0.123. The van der Waals surface area contributed by atoms with E-state index in [-0.39, 0.29) is 17.7 Å². The quantitative estimate of drug-likeness (QED) is 0.763. The first kappa shape index (κ1) is 14.2. The van der Waals surface area contributed by atoms with Gasteiger partial charge in [-0.1, -0.05) is 34.1 Å². The van der Waals surface area contributed by atoms with E-state index in [1.54, 1.807) is 18.2 Å². The van der Waals surface area contributed by atoms with Crippen LogP contribution in [0.4, 0.5) is 4.79 Å². The van der Waals surface area contributed by atoms with Crippen molar-refractivity contribution in [3.63, 3.8) is 0 Å². The van der Waals surface area contributed by atoms with Crippen LogP contribution in [-0.2, 0) is 11.3 Å². The predicted octanol–water partition coefficient (Wildman–Crippen LogP) is 4.28. The molecule has 1 aliphatic heterocycles. The van der Waals surface area contributed by atoms with Gasteiger partial charge in [0.05, 0.1) is 17.7 Å². The third kappa shape index (κ3) is 2.96. The molecule has 0 spiro atoms. The fourth-order valence-electron chi connectivity index (χ4n) is 1.94. The minimum Gasteiger partial charge on any atom is -0.465 e. The lowest BCUT2D eigenvalue weighted by Gasteiger charge is -2.13. The van der Waals surface area contributed by atoms with E-state index in [9.17, 15) is 9.59 Å². The zero-order chi connectivity index (χ0) is 14.8. The molecule has 0 atom stereocenters. The summed E-state index contributed by atoms with van der Waals surface area (Å²) in [7, 11) is 0. The van der Waals surface area contributed by atoms with Gasteiger partial charge in [0.25, 0.3) is 11.1 Å². The smallest absolute Gasteiger partial charge is 0.293 e. The maximum absolute atomic E-state index is 12.3. The van der Waals surface area contributed by atoms with Crippen molar-refractivity contribution >= 4 is 44.9 Å². The van der Waals surface area contributed by atoms with Crippen LogP contribution in [0.2, 0.25) is 0 Å². The Labute approximate surface area is 133 Å². The van der Waals surface area contributed by atoms with E-state index in [1.807, 2.05) is 24.3 Å². The van der Waals surface area contributed by atoms with Gasteiger partial charge < -0.3 is 4.42 Å². The number of thioether (sulfide) groups is 1. The number of furan rings is 1. The number of halogens is 1. The molecule has 21 heavy (non-hydrogen) atoms. The van der Waals surface area contributed by atoms with Crippen molar-refractivity contribution < 1.29 is 14.0 Å². The predicted molar refractivity (Wildman–Crippen MR) is 84.4 cm³/mol. The molecule has 1 aliphatic rings. The summed E-state index contributed by atoms with van der Waals surface area (Å²) in [5.41, 5.74) is 0.888. The van der Waals surface area contributed by atoms with Crippen LogP contribution < -0.4 is 0 Å². The number of amides is 2. The highest BCUT2D eigenvalue weighted by molar-refractivity contribution is 9.10. The first-order valence-electron chi connectivity index (χ1n) is 6.17. The topological polar surface area (TPSA) is 50.5 Å². The highest BCUT2D eigenvalue weighted by atomic mass is 79.9. The monoisotopic (exact) mass is 363 g/mol. The first-order valence-corrected chi connectivity index (χ1v) is 7.78. The molecule has 4 nitrogen and oxygen atoms in total. The summed E-state index contributed by atoms with van der Waals surface area (Å²) in [6.07, 6.45) is 3.11. The summed E-state index contributed by atoms with van der Waals surface area (Å²) >= 11 is 4.35. The van der Waals surface area contributed by atoms with Gasteiger partial charge in [0.15, 0.2) is 0 Å². The maximum atomic E-state index is 12.3. The van der Waals surface area contributed by atoms with Gasteiger partial charge in [-0.2, -0.15) is 0 Å². The molecule has 3 rings (SSSR count). The number of imide groups is 1. The number of benzene rings is 1. The lowest BCUT2D eigenvalue weighted by atomic mass is 10.2. The van der Waals surface area contributed by atoms with Crippen molar-refractivity contribution in [3.8, 4) is 0 Å². The Morgan fingerprint density at radius 1 is 1.19 bits per heavy atom. The summed E-state index contributed by atoms with van der Waals surface area (Å²) in [4.78, 5) is 25.9. The lowest BCUT2D eigenvalue weighted by Crippen LogP contribution is -2.27. The molecule has 0 aliphatic carbocycles. The Hall–Kier alpha value is -1.79. The van der Waals surface area contributed by atoms with Crippen LogP contribution in [0.5, 0.6) is 0 Å². The number of carbonyl (C=O) groups is 2. The van der Waals surface area contributed by atoms with E-state index in [0.29, 0.717) is 10.7 Å². The highest BCUT2D eigenvalue weighted by Gasteiger charge is 2.35. The van der Waals surface area contributed by atoms with Crippen molar-refractivity contribution in [3.05, 3.63) is 63.4 Å².